The summed E-state index contributed by atoms with van der Waals surface area (Å²) in [6.07, 6.45) is 5.17. The highest BCUT2D eigenvalue weighted by Gasteiger charge is 2.10. The van der Waals surface area contributed by atoms with E-state index in [2.05, 4.69) is 54.6 Å². The first-order valence-electron chi connectivity index (χ1n) is 7.45. The normalized spacial score (nSPS) is 12.6. The predicted octanol–water partition coefficient (Wildman–Crippen LogP) is 2.88. The molecule has 1 atom stereocenters. The zero-order valence-electron chi connectivity index (χ0n) is 12.8. The Morgan fingerprint density at radius 1 is 1.30 bits per heavy atom. The number of rotatable bonds is 7. The van der Waals surface area contributed by atoms with Gasteiger partial charge in [0.05, 0.1) is 0 Å². The van der Waals surface area contributed by atoms with Crippen molar-refractivity contribution in [3.63, 3.8) is 0 Å². The monoisotopic (exact) mass is 271 g/mol. The van der Waals surface area contributed by atoms with Gasteiger partial charge in [-0.3, -0.25) is 4.68 Å². The molecule has 0 aliphatic rings. The summed E-state index contributed by atoms with van der Waals surface area (Å²) in [6, 6.07) is 11.4. The molecule has 0 spiro atoms. The van der Waals surface area contributed by atoms with Crippen molar-refractivity contribution in [3.8, 4) is 0 Å². The molecule has 2 rings (SSSR count). The summed E-state index contributed by atoms with van der Waals surface area (Å²) >= 11 is 0. The topological polar surface area (TPSA) is 29.9 Å². The van der Waals surface area contributed by atoms with Crippen LogP contribution in [0.5, 0.6) is 0 Å². The fraction of sp³-hybridized carbons (Fsp3) is 0.471. The lowest BCUT2D eigenvalue weighted by Crippen LogP contribution is -2.31. The maximum atomic E-state index is 4.23. The molecule has 0 bridgehead atoms. The van der Waals surface area contributed by atoms with Crippen LogP contribution in [0.1, 0.15) is 30.2 Å². The average Bonchev–Trinajstić information content (AvgIpc) is 2.82. The van der Waals surface area contributed by atoms with E-state index in [1.54, 1.807) is 0 Å². The summed E-state index contributed by atoms with van der Waals surface area (Å²) in [5.74, 6) is 0. The molecule has 1 aromatic heterocycles. The summed E-state index contributed by atoms with van der Waals surface area (Å²) in [4.78, 5) is 0. The molecule has 0 radical (unpaired) electrons. The SMILES string of the molecule is CCNC(CCc1ccnn1C)Cc1cccc(C)c1. The Hall–Kier alpha value is -1.61. The highest BCUT2D eigenvalue weighted by molar-refractivity contribution is 5.23. The van der Waals surface area contributed by atoms with Crippen LogP contribution in [0, 0.1) is 6.92 Å². The molecule has 3 heteroatoms. The van der Waals surface area contributed by atoms with Gasteiger partial charge in [0.2, 0.25) is 0 Å². The van der Waals surface area contributed by atoms with Gasteiger partial charge >= 0.3 is 0 Å². The van der Waals surface area contributed by atoms with Crippen LogP contribution < -0.4 is 5.32 Å². The third-order valence-corrected chi connectivity index (χ3v) is 3.73. The smallest absolute Gasteiger partial charge is 0.0492 e. The van der Waals surface area contributed by atoms with Crippen molar-refractivity contribution < 1.29 is 0 Å². The highest BCUT2D eigenvalue weighted by Crippen LogP contribution is 2.11. The number of nitrogens with one attached hydrogen (secondary N) is 1. The van der Waals surface area contributed by atoms with Crippen LogP contribution >= 0.6 is 0 Å². The third-order valence-electron chi connectivity index (χ3n) is 3.73. The second-order valence-electron chi connectivity index (χ2n) is 5.43. The van der Waals surface area contributed by atoms with Gasteiger partial charge in [-0.2, -0.15) is 5.10 Å². The van der Waals surface area contributed by atoms with E-state index < -0.39 is 0 Å². The molecule has 0 aliphatic heterocycles. The van der Waals surface area contributed by atoms with Gasteiger partial charge in [0.25, 0.3) is 0 Å². The van der Waals surface area contributed by atoms with E-state index >= 15 is 0 Å². The van der Waals surface area contributed by atoms with Crippen molar-refractivity contribution in [1.82, 2.24) is 15.1 Å². The average molecular weight is 271 g/mol. The second-order valence-corrected chi connectivity index (χ2v) is 5.43. The molecule has 1 unspecified atom stereocenters. The molecule has 1 aromatic carbocycles. The number of aromatic nitrogens is 2. The van der Waals surface area contributed by atoms with E-state index in [4.69, 9.17) is 0 Å². The quantitative estimate of drug-likeness (QED) is 0.839. The zero-order valence-corrected chi connectivity index (χ0v) is 12.8. The molecule has 20 heavy (non-hydrogen) atoms. The molecular weight excluding hydrogens is 246 g/mol. The number of nitrogens with zero attached hydrogens (tertiary/aromatic N) is 2. The molecule has 0 aliphatic carbocycles. The standard InChI is InChI=1S/C17H25N3/c1-4-18-16(8-9-17-10-11-19-20(17)3)13-15-7-5-6-14(2)12-15/h5-7,10-12,16,18H,4,8-9,13H2,1-3H3. The number of benzene rings is 1. The lowest BCUT2D eigenvalue weighted by atomic mass is 9.99. The summed E-state index contributed by atoms with van der Waals surface area (Å²) < 4.78 is 1.97. The first-order valence-corrected chi connectivity index (χ1v) is 7.45. The number of likely N-dealkylation sites (N-methyl/N-ethyl adjacent to an activating group) is 1. The number of hydrogen-bond donors (Lipinski definition) is 1. The largest absolute Gasteiger partial charge is 0.314 e. The van der Waals surface area contributed by atoms with Gasteiger partial charge < -0.3 is 5.32 Å². The fourth-order valence-electron chi connectivity index (χ4n) is 2.66. The third kappa shape index (κ3) is 4.20. The van der Waals surface area contributed by atoms with Gasteiger partial charge in [-0.15, -0.1) is 0 Å². The van der Waals surface area contributed by atoms with E-state index in [0.29, 0.717) is 6.04 Å². The first-order chi connectivity index (χ1) is 9.69. The minimum Gasteiger partial charge on any atom is -0.314 e. The molecule has 0 amide bonds. The van der Waals surface area contributed by atoms with Gasteiger partial charge in [-0.1, -0.05) is 36.8 Å². The highest BCUT2D eigenvalue weighted by atomic mass is 15.2. The van der Waals surface area contributed by atoms with Crippen molar-refractivity contribution in [2.75, 3.05) is 6.54 Å². The van der Waals surface area contributed by atoms with Gasteiger partial charge in [0.15, 0.2) is 0 Å². The summed E-state index contributed by atoms with van der Waals surface area (Å²) in [7, 11) is 2.01. The summed E-state index contributed by atoms with van der Waals surface area (Å²) in [5.41, 5.74) is 4.06. The van der Waals surface area contributed by atoms with Crippen molar-refractivity contribution >= 4 is 0 Å². The number of hydrogen-bond acceptors (Lipinski definition) is 2. The molecule has 108 valence electrons. The van der Waals surface area contributed by atoms with Gasteiger partial charge in [-0.25, -0.2) is 0 Å². The van der Waals surface area contributed by atoms with Crippen LogP contribution in [-0.4, -0.2) is 22.4 Å². The summed E-state index contributed by atoms with van der Waals surface area (Å²) in [6.45, 7) is 5.34. The fourth-order valence-corrected chi connectivity index (χ4v) is 2.66. The molecule has 3 nitrogen and oxygen atoms in total. The predicted molar refractivity (Wildman–Crippen MR) is 83.9 cm³/mol. The molecule has 2 aromatic rings. The number of aryl methyl sites for hydroxylation is 3. The maximum Gasteiger partial charge on any atom is 0.0492 e. The summed E-state index contributed by atoms with van der Waals surface area (Å²) in [5, 5.41) is 7.84. The van der Waals surface area contributed by atoms with E-state index in [9.17, 15) is 0 Å². The molecule has 0 fully saturated rings. The Morgan fingerprint density at radius 3 is 2.80 bits per heavy atom. The van der Waals surface area contributed by atoms with Crippen molar-refractivity contribution in [1.29, 1.82) is 0 Å². The molecule has 0 saturated carbocycles. The first kappa shape index (κ1) is 14.8. The van der Waals surface area contributed by atoms with E-state index in [1.165, 1.54) is 16.8 Å². The Bertz CT molecular complexity index is 531. The van der Waals surface area contributed by atoms with Gasteiger partial charge in [0, 0.05) is 25.0 Å². The van der Waals surface area contributed by atoms with Crippen LogP contribution in [0.15, 0.2) is 36.5 Å². The minimum atomic E-state index is 0.525. The van der Waals surface area contributed by atoms with Crippen LogP contribution in [0.25, 0.3) is 0 Å². The lowest BCUT2D eigenvalue weighted by molar-refractivity contribution is 0.483. The van der Waals surface area contributed by atoms with Crippen molar-refractivity contribution in [3.05, 3.63) is 53.3 Å². The zero-order chi connectivity index (χ0) is 14.4. The van der Waals surface area contributed by atoms with Crippen LogP contribution in [-0.2, 0) is 19.9 Å². The molecule has 0 saturated heterocycles. The molecular formula is C17H25N3. The van der Waals surface area contributed by atoms with Crippen LogP contribution in [0.2, 0.25) is 0 Å². The Morgan fingerprint density at radius 2 is 2.15 bits per heavy atom. The lowest BCUT2D eigenvalue weighted by Gasteiger charge is -2.18. The Labute approximate surface area is 122 Å². The Kier molecular flexibility index (Phi) is 5.36. The van der Waals surface area contributed by atoms with Crippen LogP contribution in [0.4, 0.5) is 0 Å². The van der Waals surface area contributed by atoms with E-state index in [-0.39, 0.29) is 0 Å². The molecule has 1 N–H and O–H groups in total. The van der Waals surface area contributed by atoms with Crippen LogP contribution in [0.3, 0.4) is 0 Å². The Balaban J connectivity index is 1.95. The van der Waals surface area contributed by atoms with Crippen molar-refractivity contribution in [2.45, 2.75) is 39.2 Å². The second kappa shape index (κ2) is 7.25. The minimum absolute atomic E-state index is 0.525. The van der Waals surface area contributed by atoms with E-state index in [1.807, 2.05) is 17.9 Å². The van der Waals surface area contributed by atoms with Gasteiger partial charge in [0.1, 0.15) is 0 Å². The van der Waals surface area contributed by atoms with Crippen molar-refractivity contribution in [2.24, 2.45) is 7.05 Å². The van der Waals surface area contributed by atoms with Gasteiger partial charge in [-0.05, 0) is 44.4 Å². The maximum absolute atomic E-state index is 4.23. The van der Waals surface area contributed by atoms with E-state index in [0.717, 1.165) is 25.8 Å². The molecule has 1 heterocycles.